The van der Waals surface area contributed by atoms with Crippen LogP contribution < -0.4 is 11.1 Å². The van der Waals surface area contributed by atoms with E-state index in [0.29, 0.717) is 17.1 Å². The lowest BCUT2D eigenvalue weighted by atomic mass is 10.1. The number of nitrogens with two attached hydrogens (primary N) is 1. The summed E-state index contributed by atoms with van der Waals surface area (Å²) in [6.45, 7) is 2.51. The van der Waals surface area contributed by atoms with Crippen molar-refractivity contribution in [3.05, 3.63) is 45.2 Å². The third kappa shape index (κ3) is 2.28. The molecule has 0 bridgehead atoms. The number of carbonyl (C=O) groups is 1. The number of rotatable bonds is 3. The van der Waals surface area contributed by atoms with Crippen LogP contribution in [-0.4, -0.2) is 10.9 Å². The van der Waals surface area contributed by atoms with Crippen molar-refractivity contribution in [2.45, 2.75) is 13.5 Å². The quantitative estimate of drug-likeness (QED) is 0.781. The van der Waals surface area contributed by atoms with Gasteiger partial charge in [-0.05, 0) is 12.5 Å². The van der Waals surface area contributed by atoms with Crippen LogP contribution in [0.3, 0.4) is 0 Å². The summed E-state index contributed by atoms with van der Waals surface area (Å²) in [5.74, 6) is -0.128. The second kappa shape index (κ2) is 5.22. The fourth-order valence-electron chi connectivity index (χ4n) is 2.03. The SMILES string of the molecule is Cc1cccc2c(N)c(C(=O)NCc3cncs3)sc12. The van der Waals surface area contributed by atoms with Crippen LogP contribution in [0.25, 0.3) is 10.1 Å². The highest BCUT2D eigenvalue weighted by Crippen LogP contribution is 2.35. The van der Waals surface area contributed by atoms with Crippen LogP contribution in [0.4, 0.5) is 5.69 Å². The highest BCUT2D eigenvalue weighted by molar-refractivity contribution is 7.21. The smallest absolute Gasteiger partial charge is 0.263 e. The van der Waals surface area contributed by atoms with E-state index in [2.05, 4.69) is 10.3 Å². The van der Waals surface area contributed by atoms with Crippen molar-refractivity contribution in [2.24, 2.45) is 0 Å². The maximum absolute atomic E-state index is 12.2. The van der Waals surface area contributed by atoms with Gasteiger partial charge in [-0.15, -0.1) is 22.7 Å². The van der Waals surface area contributed by atoms with Gasteiger partial charge in [0.1, 0.15) is 4.88 Å². The third-order valence-electron chi connectivity index (χ3n) is 3.06. The number of thiazole rings is 1. The predicted molar refractivity (Wildman–Crippen MR) is 84.3 cm³/mol. The molecule has 2 aromatic heterocycles. The second-order valence-electron chi connectivity index (χ2n) is 4.45. The van der Waals surface area contributed by atoms with E-state index >= 15 is 0 Å². The molecule has 0 aliphatic rings. The van der Waals surface area contributed by atoms with Crippen molar-refractivity contribution >= 4 is 44.4 Å². The van der Waals surface area contributed by atoms with Crippen LogP contribution in [0, 0.1) is 6.92 Å². The summed E-state index contributed by atoms with van der Waals surface area (Å²) in [4.78, 5) is 17.8. The molecule has 1 aromatic carbocycles. The highest BCUT2D eigenvalue weighted by Gasteiger charge is 2.17. The number of aryl methyl sites for hydroxylation is 1. The van der Waals surface area contributed by atoms with Crippen LogP contribution in [-0.2, 0) is 6.54 Å². The first-order chi connectivity index (χ1) is 9.66. The minimum absolute atomic E-state index is 0.128. The average Bonchev–Trinajstić information content (AvgIpc) is 3.06. The van der Waals surface area contributed by atoms with Gasteiger partial charge < -0.3 is 11.1 Å². The number of benzene rings is 1. The molecule has 3 aromatic rings. The molecule has 0 fully saturated rings. The van der Waals surface area contributed by atoms with Crippen LogP contribution in [0.2, 0.25) is 0 Å². The van der Waals surface area contributed by atoms with Gasteiger partial charge in [-0.3, -0.25) is 9.78 Å². The number of aromatic nitrogens is 1. The fourth-order valence-corrected chi connectivity index (χ4v) is 3.67. The highest BCUT2D eigenvalue weighted by atomic mass is 32.1. The first-order valence-corrected chi connectivity index (χ1v) is 7.79. The Hall–Kier alpha value is -1.92. The standard InChI is InChI=1S/C14H13N3OS2/c1-8-3-2-4-10-11(15)13(20-12(8)10)14(18)17-6-9-5-16-7-19-9/h2-5,7H,6,15H2,1H3,(H,17,18). The Morgan fingerprint density at radius 3 is 3.00 bits per heavy atom. The first kappa shape index (κ1) is 13.1. The molecule has 0 unspecified atom stereocenters. The van der Waals surface area contributed by atoms with E-state index in [0.717, 1.165) is 20.5 Å². The number of hydrogen-bond donors (Lipinski definition) is 2. The lowest BCUT2D eigenvalue weighted by molar-refractivity contribution is 0.0956. The molecule has 20 heavy (non-hydrogen) atoms. The van der Waals surface area contributed by atoms with Crippen LogP contribution in [0.5, 0.6) is 0 Å². The second-order valence-corrected chi connectivity index (χ2v) is 6.44. The van der Waals surface area contributed by atoms with E-state index in [9.17, 15) is 4.79 Å². The van der Waals surface area contributed by atoms with Gasteiger partial charge in [0.25, 0.3) is 5.91 Å². The number of carbonyl (C=O) groups excluding carboxylic acids is 1. The van der Waals surface area contributed by atoms with Crippen molar-refractivity contribution in [2.75, 3.05) is 5.73 Å². The molecule has 1 amide bonds. The zero-order valence-electron chi connectivity index (χ0n) is 10.8. The zero-order valence-corrected chi connectivity index (χ0v) is 12.5. The van der Waals surface area contributed by atoms with Gasteiger partial charge in [-0.1, -0.05) is 18.2 Å². The molecule has 0 saturated carbocycles. The van der Waals surface area contributed by atoms with E-state index in [1.165, 1.54) is 22.7 Å². The summed E-state index contributed by atoms with van der Waals surface area (Å²) >= 11 is 2.96. The number of nitrogens with zero attached hydrogens (tertiary/aromatic N) is 1. The molecular formula is C14H13N3OS2. The van der Waals surface area contributed by atoms with Gasteiger partial charge in [0.15, 0.2) is 0 Å². The largest absolute Gasteiger partial charge is 0.397 e. The molecule has 4 nitrogen and oxygen atoms in total. The van der Waals surface area contributed by atoms with Gasteiger partial charge in [-0.2, -0.15) is 0 Å². The molecule has 3 rings (SSSR count). The van der Waals surface area contributed by atoms with E-state index in [-0.39, 0.29) is 5.91 Å². The van der Waals surface area contributed by atoms with Crippen molar-refractivity contribution < 1.29 is 4.79 Å². The number of hydrogen-bond acceptors (Lipinski definition) is 5. The van der Waals surface area contributed by atoms with Gasteiger partial charge in [0.05, 0.1) is 17.7 Å². The maximum Gasteiger partial charge on any atom is 0.263 e. The number of fused-ring (bicyclic) bond motifs is 1. The van der Waals surface area contributed by atoms with Gasteiger partial charge >= 0.3 is 0 Å². The topological polar surface area (TPSA) is 68.0 Å². The monoisotopic (exact) mass is 303 g/mol. The number of thiophene rings is 1. The van der Waals surface area contributed by atoms with Crippen LogP contribution in [0.15, 0.2) is 29.9 Å². The molecule has 0 atom stereocenters. The molecule has 0 aliphatic carbocycles. The molecule has 0 spiro atoms. The maximum atomic E-state index is 12.2. The molecule has 6 heteroatoms. The van der Waals surface area contributed by atoms with Gasteiger partial charge in [0, 0.05) is 21.2 Å². The summed E-state index contributed by atoms with van der Waals surface area (Å²) in [6.07, 6.45) is 1.75. The molecular weight excluding hydrogens is 290 g/mol. The molecule has 0 saturated heterocycles. The predicted octanol–water partition coefficient (Wildman–Crippen LogP) is 3.18. The molecule has 3 N–H and O–H groups in total. The van der Waals surface area contributed by atoms with Crippen molar-refractivity contribution in [1.29, 1.82) is 0 Å². The average molecular weight is 303 g/mol. The summed E-state index contributed by atoms with van der Waals surface area (Å²) in [7, 11) is 0. The minimum atomic E-state index is -0.128. The Kier molecular flexibility index (Phi) is 3.42. The van der Waals surface area contributed by atoms with Gasteiger partial charge in [-0.25, -0.2) is 0 Å². The Balaban J connectivity index is 1.88. The normalized spacial score (nSPS) is 10.8. The first-order valence-electron chi connectivity index (χ1n) is 6.10. The van der Waals surface area contributed by atoms with Gasteiger partial charge in [0.2, 0.25) is 0 Å². The molecule has 0 aliphatic heterocycles. The van der Waals surface area contributed by atoms with Crippen LogP contribution in [0.1, 0.15) is 20.1 Å². The zero-order chi connectivity index (χ0) is 14.1. The van der Waals surface area contributed by atoms with Crippen molar-refractivity contribution in [1.82, 2.24) is 10.3 Å². The van der Waals surface area contributed by atoms with E-state index in [1.54, 1.807) is 11.7 Å². The number of anilines is 1. The Bertz CT molecular complexity index is 762. The Morgan fingerprint density at radius 2 is 2.30 bits per heavy atom. The fraction of sp³-hybridized carbons (Fsp3) is 0.143. The van der Waals surface area contributed by atoms with E-state index in [4.69, 9.17) is 5.73 Å². The molecule has 2 heterocycles. The van der Waals surface area contributed by atoms with E-state index < -0.39 is 0 Å². The molecule has 102 valence electrons. The number of nitrogens with one attached hydrogen (secondary N) is 1. The van der Waals surface area contributed by atoms with Crippen LogP contribution >= 0.6 is 22.7 Å². The Morgan fingerprint density at radius 1 is 1.45 bits per heavy atom. The summed E-state index contributed by atoms with van der Waals surface area (Å²) in [5, 5.41) is 3.84. The summed E-state index contributed by atoms with van der Waals surface area (Å²) in [6, 6.07) is 5.94. The number of nitrogen functional groups attached to an aromatic ring is 1. The van der Waals surface area contributed by atoms with Crippen molar-refractivity contribution in [3.63, 3.8) is 0 Å². The summed E-state index contributed by atoms with van der Waals surface area (Å²) < 4.78 is 1.08. The lowest BCUT2D eigenvalue weighted by Gasteiger charge is -2.01. The minimum Gasteiger partial charge on any atom is -0.397 e. The van der Waals surface area contributed by atoms with E-state index in [1.807, 2.05) is 25.1 Å². The Labute approximate surface area is 124 Å². The van der Waals surface area contributed by atoms with Crippen molar-refractivity contribution in [3.8, 4) is 0 Å². The number of amides is 1. The lowest BCUT2D eigenvalue weighted by Crippen LogP contribution is -2.22. The summed E-state index contributed by atoms with van der Waals surface area (Å²) in [5.41, 5.74) is 9.55. The third-order valence-corrected chi connectivity index (χ3v) is 5.20. The molecule has 0 radical (unpaired) electrons.